The molecule has 1 aromatic carbocycles. The van der Waals surface area contributed by atoms with E-state index in [1.165, 1.54) is 11.8 Å². The Morgan fingerprint density at radius 1 is 1.17 bits per heavy atom. The van der Waals surface area contributed by atoms with Crippen LogP contribution in [-0.2, 0) is 0 Å². The molecule has 0 saturated carbocycles. The topological polar surface area (TPSA) is 54.0 Å². The molecule has 1 heterocycles. The van der Waals surface area contributed by atoms with Crippen LogP contribution in [0.25, 0.3) is 0 Å². The lowest BCUT2D eigenvalue weighted by Gasteiger charge is -2.10. The summed E-state index contributed by atoms with van der Waals surface area (Å²) in [7, 11) is 0. The number of rotatable bonds is 8. The highest BCUT2D eigenvalue weighted by Crippen LogP contribution is 2.29. The van der Waals surface area contributed by atoms with Crippen LogP contribution < -0.4 is 10.6 Å². The fraction of sp³-hybridized carbons (Fsp3) is 0.294. The minimum atomic E-state index is -0.0523. The number of hydrogen-bond donors (Lipinski definition) is 2. The number of halogens is 1. The maximum atomic E-state index is 12.4. The van der Waals surface area contributed by atoms with Crippen molar-refractivity contribution in [3.8, 4) is 0 Å². The van der Waals surface area contributed by atoms with E-state index in [4.69, 9.17) is 0 Å². The Labute approximate surface area is 149 Å². The average Bonchev–Trinajstić information content (AvgIpc) is 2.57. The summed E-state index contributed by atoms with van der Waals surface area (Å²) in [5.41, 5.74) is 0.678. The van der Waals surface area contributed by atoms with Gasteiger partial charge in [-0.3, -0.25) is 4.79 Å². The zero-order valence-corrected chi connectivity index (χ0v) is 15.4. The number of carbonyl (C=O) groups excluding carboxylic acids is 1. The molecule has 2 N–H and O–H groups in total. The molecule has 0 unspecified atom stereocenters. The van der Waals surface area contributed by atoms with Gasteiger partial charge in [0.05, 0.1) is 5.56 Å². The molecule has 0 aliphatic carbocycles. The SMILES string of the molecule is CCCNCCNC(=O)c1ccccc1Sc1ccc(Br)cn1. The molecule has 1 aromatic heterocycles. The Hall–Kier alpha value is -1.37. The molecule has 4 nitrogen and oxygen atoms in total. The van der Waals surface area contributed by atoms with Crippen LogP contribution in [0.3, 0.4) is 0 Å². The van der Waals surface area contributed by atoms with E-state index in [2.05, 4.69) is 38.5 Å². The van der Waals surface area contributed by atoms with Crippen molar-refractivity contribution < 1.29 is 4.79 Å². The minimum Gasteiger partial charge on any atom is -0.351 e. The van der Waals surface area contributed by atoms with E-state index in [1.54, 1.807) is 6.20 Å². The number of nitrogens with zero attached hydrogens (tertiary/aromatic N) is 1. The third-order valence-electron chi connectivity index (χ3n) is 3.06. The summed E-state index contributed by atoms with van der Waals surface area (Å²) < 4.78 is 0.937. The maximum absolute atomic E-state index is 12.4. The number of amides is 1. The monoisotopic (exact) mass is 393 g/mol. The van der Waals surface area contributed by atoms with Crippen LogP contribution in [0.5, 0.6) is 0 Å². The van der Waals surface area contributed by atoms with E-state index in [0.717, 1.165) is 33.9 Å². The largest absolute Gasteiger partial charge is 0.351 e. The van der Waals surface area contributed by atoms with E-state index in [1.807, 2.05) is 36.4 Å². The van der Waals surface area contributed by atoms with Gasteiger partial charge in [0.1, 0.15) is 5.03 Å². The fourth-order valence-electron chi connectivity index (χ4n) is 1.94. The molecule has 1 amide bonds. The van der Waals surface area contributed by atoms with Crippen LogP contribution in [0, 0.1) is 0 Å². The number of hydrogen-bond acceptors (Lipinski definition) is 4. The molecule has 2 rings (SSSR count). The van der Waals surface area contributed by atoms with Crippen LogP contribution in [0.15, 0.2) is 57.0 Å². The molecule has 2 aromatic rings. The van der Waals surface area contributed by atoms with Crippen LogP contribution in [0.2, 0.25) is 0 Å². The Morgan fingerprint density at radius 3 is 2.74 bits per heavy atom. The molecular weight excluding hydrogens is 374 g/mol. The van der Waals surface area contributed by atoms with Crippen LogP contribution in [0.1, 0.15) is 23.7 Å². The van der Waals surface area contributed by atoms with Gasteiger partial charge in [0, 0.05) is 28.7 Å². The van der Waals surface area contributed by atoms with Gasteiger partial charge in [-0.2, -0.15) is 0 Å². The molecule has 23 heavy (non-hydrogen) atoms. The van der Waals surface area contributed by atoms with Crippen molar-refractivity contribution in [1.29, 1.82) is 0 Å². The first kappa shape index (κ1) is 18.0. The summed E-state index contributed by atoms with van der Waals surface area (Å²) in [6.45, 7) is 4.49. The lowest BCUT2D eigenvalue weighted by atomic mass is 10.2. The molecular formula is C17H20BrN3OS. The predicted octanol–water partition coefficient (Wildman–Crippen LogP) is 3.72. The number of benzene rings is 1. The first-order valence-corrected chi connectivity index (χ1v) is 9.19. The normalized spacial score (nSPS) is 10.5. The number of aromatic nitrogens is 1. The summed E-state index contributed by atoms with van der Waals surface area (Å²) in [6.07, 6.45) is 2.85. The Morgan fingerprint density at radius 2 is 2.00 bits per heavy atom. The molecule has 0 atom stereocenters. The first-order chi connectivity index (χ1) is 11.2. The molecule has 0 spiro atoms. The summed E-state index contributed by atoms with van der Waals surface area (Å²) in [4.78, 5) is 17.6. The van der Waals surface area contributed by atoms with Gasteiger partial charge in [-0.05, 0) is 53.2 Å². The summed E-state index contributed by atoms with van der Waals surface area (Å²) in [5.74, 6) is -0.0523. The van der Waals surface area contributed by atoms with Crippen molar-refractivity contribution >= 4 is 33.6 Å². The van der Waals surface area contributed by atoms with Gasteiger partial charge in [0.2, 0.25) is 0 Å². The van der Waals surface area contributed by atoms with Gasteiger partial charge in [0.15, 0.2) is 0 Å². The van der Waals surface area contributed by atoms with Gasteiger partial charge in [-0.15, -0.1) is 0 Å². The van der Waals surface area contributed by atoms with Gasteiger partial charge in [-0.25, -0.2) is 4.98 Å². The summed E-state index contributed by atoms with van der Waals surface area (Å²) in [5, 5.41) is 7.08. The summed E-state index contributed by atoms with van der Waals surface area (Å²) in [6, 6.07) is 11.5. The van der Waals surface area contributed by atoms with Gasteiger partial charge >= 0.3 is 0 Å². The fourth-order valence-corrected chi connectivity index (χ4v) is 3.06. The molecule has 0 aliphatic rings. The molecule has 6 heteroatoms. The first-order valence-electron chi connectivity index (χ1n) is 7.58. The van der Waals surface area contributed by atoms with E-state index >= 15 is 0 Å². The van der Waals surface area contributed by atoms with Crippen molar-refractivity contribution in [2.24, 2.45) is 0 Å². The van der Waals surface area contributed by atoms with E-state index in [9.17, 15) is 4.79 Å². The van der Waals surface area contributed by atoms with Gasteiger partial charge in [-0.1, -0.05) is 30.8 Å². The lowest BCUT2D eigenvalue weighted by molar-refractivity contribution is 0.0951. The second kappa shape index (κ2) is 9.70. The Bertz CT molecular complexity index is 634. The zero-order valence-electron chi connectivity index (χ0n) is 13.0. The van der Waals surface area contributed by atoms with Crippen LogP contribution in [-0.4, -0.2) is 30.5 Å². The number of carbonyl (C=O) groups is 1. The average molecular weight is 394 g/mol. The smallest absolute Gasteiger partial charge is 0.252 e. The van der Waals surface area contributed by atoms with Crippen LogP contribution >= 0.6 is 27.7 Å². The Kier molecular flexibility index (Phi) is 7.58. The van der Waals surface area contributed by atoms with Crippen molar-refractivity contribution in [2.75, 3.05) is 19.6 Å². The third-order valence-corrected chi connectivity index (χ3v) is 4.56. The van der Waals surface area contributed by atoms with Crippen molar-refractivity contribution in [2.45, 2.75) is 23.3 Å². The quantitative estimate of drug-likeness (QED) is 0.670. The third kappa shape index (κ3) is 5.97. The van der Waals surface area contributed by atoms with Crippen LogP contribution in [0.4, 0.5) is 0 Å². The van der Waals surface area contributed by atoms with E-state index in [0.29, 0.717) is 12.1 Å². The highest BCUT2D eigenvalue weighted by Gasteiger charge is 2.11. The number of nitrogens with one attached hydrogen (secondary N) is 2. The molecule has 0 bridgehead atoms. The molecule has 122 valence electrons. The van der Waals surface area contributed by atoms with Gasteiger partial charge < -0.3 is 10.6 Å². The molecule has 0 saturated heterocycles. The molecule has 0 fully saturated rings. The predicted molar refractivity (Wildman–Crippen MR) is 98.0 cm³/mol. The van der Waals surface area contributed by atoms with E-state index < -0.39 is 0 Å². The second-order valence-corrected chi connectivity index (χ2v) is 6.90. The second-order valence-electron chi connectivity index (χ2n) is 4.92. The maximum Gasteiger partial charge on any atom is 0.252 e. The van der Waals surface area contributed by atoms with Crippen molar-refractivity contribution in [1.82, 2.24) is 15.6 Å². The van der Waals surface area contributed by atoms with E-state index in [-0.39, 0.29) is 5.91 Å². The summed E-state index contributed by atoms with van der Waals surface area (Å²) >= 11 is 4.86. The standard InChI is InChI=1S/C17H20BrN3OS/c1-2-9-19-10-11-20-17(22)14-5-3-4-6-15(14)23-16-8-7-13(18)12-21-16/h3-8,12,19H,2,9-11H2,1H3,(H,20,22). The Balaban J connectivity index is 1.99. The highest BCUT2D eigenvalue weighted by molar-refractivity contribution is 9.10. The minimum absolute atomic E-state index is 0.0523. The van der Waals surface area contributed by atoms with Gasteiger partial charge in [0.25, 0.3) is 5.91 Å². The molecule has 0 radical (unpaired) electrons. The lowest BCUT2D eigenvalue weighted by Crippen LogP contribution is -2.32. The van der Waals surface area contributed by atoms with Crippen molar-refractivity contribution in [3.63, 3.8) is 0 Å². The van der Waals surface area contributed by atoms with Crippen molar-refractivity contribution in [3.05, 3.63) is 52.6 Å². The highest BCUT2D eigenvalue weighted by atomic mass is 79.9. The zero-order chi connectivity index (χ0) is 16.5. The number of pyridine rings is 1. The molecule has 0 aliphatic heterocycles.